The van der Waals surface area contributed by atoms with E-state index in [-0.39, 0.29) is 18.0 Å². The largest absolute Gasteiger partial charge is 1.00 e. The van der Waals surface area contributed by atoms with E-state index in [0.717, 1.165) is 30.0 Å². The summed E-state index contributed by atoms with van der Waals surface area (Å²) in [6.45, 7) is 8.03. The third kappa shape index (κ3) is 6.00. The van der Waals surface area contributed by atoms with E-state index >= 15 is 0 Å². The zero-order valence-corrected chi connectivity index (χ0v) is 17.4. The van der Waals surface area contributed by atoms with E-state index in [0.29, 0.717) is 11.3 Å². The highest BCUT2D eigenvalue weighted by atomic mass is 35.5. The number of nitrogens with zero attached hydrogens (tertiary/aromatic N) is 3. The fraction of sp³-hybridized carbons (Fsp3) is 0.227. The van der Waals surface area contributed by atoms with Gasteiger partial charge in [-0.05, 0) is 56.7 Å². The molecule has 0 bridgehead atoms. The van der Waals surface area contributed by atoms with E-state index in [1.54, 1.807) is 24.3 Å². The molecule has 0 fully saturated rings. The number of amides is 1. The molecule has 0 saturated heterocycles. The number of aryl methyl sites for hydroxylation is 1. The molecule has 7 heteroatoms. The van der Waals surface area contributed by atoms with E-state index in [9.17, 15) is 10.1 Å². The van der Waals surface area contributed by atoms with Crippen LogP contribution in [0.2, 0.25) is 0 Å². The summed E-state index contributed by atoms with van der Waals surface area (Å²) < 4.78 is 0. The molecule has 29 heavy (non-hydrogen) atoms. The topological polar surface area (TPSA) is 91.9 Å². The van der Waals surface area contributed by atoms with Gasteiger partial charge in [0.25, 0.3) is 5.91 Å². The van der Waals surface area contributed by atoms with Crippen LogP contribution in [0.15, 0.2) is 54.2 Å². The molecule has 2 N–H and O–H groups in total. The maximum absolute atomic E-state index is 12.4. The number of benzene rings is 2. The second kappa shape index (κ2) is 11.4. The van der Waals surface area contributed by atoms with Crippen molar-refractivity contribution in [1.29, 1.82) is 10.5 Å². The van der Waals surface area contributed by atoms with E-state index in [4.69, 9.17) is 5.26 Å². The Balaban J connectivity index is 0.00000420. The van der Waals surface area contributed by atoms with E-state index in [1.807, 2.05) is 31.2 Å². The van der Waals surface area contributed by atoms with Crippen LogP contribution in [0.1, 0.15) is 25.0 Å². The lowest BCUT2D eigenvalue weighted by Gasteiger charge is -2.22. The fourth-order valence-electron chi connectivity index (χ4n) is 2.77. The second-order valence-electron chi connectivity index (χ2n) is 6.10. The Morgan fingerprint density at radius 3 is 2.38 bits per heavy atom. The van der Waals surface area contributed by atoms with Gasteiger partial charge in [-0.1, -0.05) is 12.1 Å². The molecule has 1 amide bonds. The van der Waals surface area contributed by atoms with Crippen molar-refractivity contribution in [2.75, 3.05) is 28.6 Å². The number of anilines is 3. The van der Waals surface area contributed by atoms with Crippen LogP contribution in [0.5, 0.6) is 0 Å². The number of carbonyl (C=O) groups is 1. The van der Waals surface area contributed by atoms with Crippen LogP contribution in [0.25, 0.3) is 0 Å². The van der Waals surface area contributed by atoms with Gasteiger partial charge >= 0.3 is 0 Å². The summed E-state index contributed by atoms with van der Waals surface area (Å²) in [6.07, 6.45) is 1.38. The molecule has 0 aliphatic rings. The summed E-state index contributed by atoms with van der Waals surface area (Å²) in [7, 11) is 0. The summed E-state index contributed by atoms with van der Waals surface area (Å²) in [5, 5.41) is 24.1. The smallest absolute Gasteiger partial charge is 0.267 e. The molecule has 0 atom stereocenters. The van der Waals surface area contributed by atoms with Crippen LogP contribution in [-0.2, 0) is 4.79 Å². The number of hydrogen-bond donors (Lipinski definition) is 2. The summed E-state index contributed by atoms with van der Waals surface area (Å²) in [5.41, 5.74) is 3.57. The summed E-state index contributed by atoms with van der Waals surface area (Å²) in [5.74, 6) is -0.574. The number of halogens is 1. The Kier molecular flexibility index (Phi) is 9.25. The fourth-order valence-corrected chi connectivity index (χ4v) is 2.77. The first-order chi connectivity index (χ1) is 13.5. The van der Waals surface area contributed by atoms with Gasteiger partial charge in [0, 0.05) is 30.7 Å². The maximum Gasteiger partial charge on any atom is 0.267 e. The first-order valence-corrected chi connectivity index (χ1v) is 9.06. The first kappa shape index (κ1) is 23.6. The highest BCUT2D eigenvalue weighted by Crippen LogP contribution is 2.23. The highest BCUT2D eigenvalue weighted by molar-refractivity contribution is 6.07. The van der Waals surface area contributed by atoms with Gasteiger partial charge in [-0.25, -0.2) is 0 Å². The van der Waals surface area contributed by atoms with E-state index in [2.05, 4.69) is 35.4 Å². The molecule has 0 saturated carbocycles. The molecule has 0 spiro atoms. The standard InChI is InChI=1S/C22H23N5O.ClH/c1-4-27(5-2)19-10-11-20(16(3)12-19)25-15-18(14-24)22(28)26-21-9-7-6-8-17(21)13-23;/h6-12,15,25H,4-5H2,1-3H3,(H,26,28);1H/p-1/b18-15-;. The molecule has 2 aromatic carbocycles. The average Bonchev–Trinajstić information content (AvgIpc) is 2.71. The van der Waals surface area contributed by atoms with Crippen molar-refractivity contribution < 1.29 is 17.2 Å². The number of rotatable bonds is 7. The minimum absolute atomic E-state index is 0. The molecule has 0 aliphatic heterocycles. The van der Waals surface area contributed by atoms with Crippen molar-refractivity contribution in [1.82, 2.24) is 0 Å². The van der Waals surface area contributed by atoms with Crippen LogP contribution >= 0.6 is 0 Å². The van der Waals surface area contributed by atoms with Crippen LogP contribution in [0.4, 0.5) is 17.1 Å². The number of nitrogens with one attached hydrogen (secondary N) is 2. The van der Waals surface area contributed by atoms with Crippen LogP contribution in [0, 0.1) is 29.6 Å². The average molecular weight is 409 g/mol. The Hall–Kier alpha value is -3.48. The molecule has 0 radical (unpaired) electrons. The lowest BCUT2D eigenvalue weighted by Crippen LogP contribution is -3.00. The zero-order chi connectivity index (χ0) is 20.5. The quantitative estimate of drug-likeness (QED) is 0.530. The normalized spacial score (nSPS) is 10.2. The third-order valence-corrected chi connectivity index (χ3v) is 4.37. The zero-order valence-electron chi connectivity index (χ0n) is 16.7. The van der Waals surface area contributed by atoms with Crippen molar-refractivity contribution in [2.24, 2.45) is 0 Å². The second-order valence-corrected chi connectivity index (χ2v) is 6.10. The van der Waals surface area contributed by atoms with Gasteiger partial charge in [-0.3, -0.25) is 4.79 Å². The van der Waals surface area contributed by atoms with Gasteiger partial charge in [0.05, 0.1) is 11.3 Å². The number of hydrogen-bond acceptors (Lipinski definition) is 5. The number of para-hydroxylation sites is 1. The van der Waals surface area contributed by atoms with Crippen LogP contribution in [0.3, 0.4) is 0 Å². The lowest BCUT2D eigenvalue weighted by molar-refractivity contribution is -0.112. The van der Waals surface area contributed by atoms with Crippen molar-refractivity contribution in [3.05, 3.63) is 65.4 Å². The minimum Gasteiger partial charge on any atom is -1.00 e. The van der Waals surface area contributed by atoms with Gasteiger partial charge in [-0.2, -0.15) is 10.5 Å². The Morgan fingerprint density at radius 2 is 1.79 bits per heavy atom. The highest BCUT2D eigenvalue weighted by Gasteiger charge is 2.12. The molecular formula is C22H23ClN5O-. The Morgan fingerprint density at radius 1 is 1.10 bits per heavy atom. The first-order valence-electron chi connectivity index (χ1n) is 9.06. The molecular weight excluding hydrogens is 386 g/mol. The molecule has 0 aliphatic carbocycles. The molecule has 6 nitrogen and oxygen atoms in total. The molecule has 2 aromatic rings. The molecule has 0 unspecified atom stereocenters. The number of nitriles is 2. The van der Waals surface area contributed by atoms with Gasteiger partial charge in [0.2, 0.25) is 0 Å². The minimum atomic E-state index is -0.574. The molecule has 150 valence electrons. The maximum atomic E-state index is 12.4. The molecule has 0 aromatic heterocycles. The van der Waals surface area contributed by atoms with Crippen LogP contribution in [-0.4, -0.2) is 19.0 Å². The molecule has 0 heterocycles. The predicted molar refractivity (Wildman–Crippen MR) is 112 cm³/mol. The van der Waals surface area contributed by atoms with Gasteiger partial charge in [0.15, 0.2) is 0 Å². The van der Waals surface area contributed by atoms with Gasteiger partial charge < -0.3 is 27.9 Å². The predicted octanol–water partition coefficient (Wildman–Crippen LogP) is 1.17. The van der Waals surface area contributed by atoms with E-state index in [1.165, 1.54) is 6.20 Å². The van der Waals surface area contributed by atoms with Crippen molar-refractivity contribution in [3.63, 3.8) is 0 Å². The Bertz CT molecular complexity index is 968. The third-order valence-electron chi connectivity index (χ3n) is 4.37. The lowest BCUT2D eigenvalue weighted by atomic mass is 10.1. The number of carbonyl (C=O) groups excluding carboxylic acids is 1. The monoisotopic (exact) mass is 408 g/mol. The summed E-state index contributed by atoms with van der Waals surface area (Å²) in [6, 6.07) is 16.5. The van der Waals surface area contributed by atoms with Crippen molar-refractivity contribution >= 4 is 23.0 Å². The summed E-state index contributed by atoms with van der Waals surface area (Å²) >= 11 is 0. The van der Waals surface area contributed by atoms with Crippen molar-refractivity contribution in [3.8, 4) is 12.1 Å². The van der Waals surface area contributed by atoms with Gasteiger partial charge in [-0.15, -0.1) is 0 Å². The van der Waals surface area contributed by atoms with Crippen molar-refractivity contribution in [2.45, 2.75) is 20.8 Å². The Labute approximate surface area is 177 Å². The SMILES string of the molecule is CCN(CC)c1ccc(N/C=C(/C#N)C(=O)Nc2ccccc2C#N)c(C)c1.[Cl-]. The van der Waals surface area contributed by atoms with Crippen LogP contribution < -0.4 is 27.9 Å². The van der Waals surface area contributed by atoms with E-state index < -0.39 is 5.91 Å². The molecule has 2 rings (SSSR count). The summed E-state index contributed by atoms with van der Waals surface area (Å²) in [4.78, 5) is 14.6. The van der Waals surface area contributed by atoms with Gasteiger partial charge in [0.1, 0.15) is 17.7 Å².